The van der Waals surface area contributed by atoms with Crippen molar-refractivity contribution in [2.24, 2.45) is 0 Å². The molecular formula is C25H18F15NO4. The zero-order chi connectivity index (χ0) is 34.4. The third-order valence-corrected chi connectivity index (χ3v) is 6.33. The topological polar surface area (TPSA) is 57.7 Å². The molecule has 0 spiro atoms. The molecule has 5 nitrogen and oxygen atoms in total. The van der Waals surface area contributed by atoms with E-state index < -0.39 is 65.5 Å². The maximum Gasteiger partial charge on any atom is 0.460 e. The second kappa shape index (κ2) is 11.6. The molecule has 0 fully saturated rings. The summed E-state index contributed by atoms with van der Waals surface area (Å²) in [6.07, 6.45) is -8.37. The van der Waals surface area contributed by atoms with Gasteiger partial charge in [-0.05, 0) is 30.2 Å². The molecule has 0 radical (unpaired) electrons. The molecule has 252 valence electrons. The van der Waals surface area contributed by atoms with E-state index in [9.17, 15) is 70.7 Å². The summed E-state index contributed by atoms with van der Waals surface area (Å²) in [5.41, 5.74) is 0.0963. The Morgan fingerprint density at radius 2 is 1.24 bits per heavy atom. The number of halogens is 15. The number of benzene rings is 1. The van der Waals surface area contributed by atoms with Crippen LogP contribution in [0.2, 0.25) is 0 Å². The first-order valence-electron chi connectivity index (χ1n) is 12.3. The second-order valence-electron chi connectivity index (χ2n) is 9.54. The average molecular weight is 681 g/mol. The summed E-state index contributed by atoms with van der Waals surface area (Å²) >= 11 is 0. The van der Waals surface area contributed by atoms with Crippen molar-refractivity contribution >= 4 is 5.97 Å². The number of hydrogen-bond donors (Lipinski definition) is 0. The smallest absolute Gasteiger partial charge is 0.445 e. The van der Waals surface area contributed by atoms with Crippen molar-refractivity contribution in [3.05, 3.63) is 36.5 Å². The lowest BCUT2D eigenvalue weighted by atomic mass is 9.91. The van der Waals surface area contributed by atoms with Crippen LogP contribution in [0.15, 0.2) is 36.5 Å². The van der Waals surface area contributed by atoms with Crippen molar-refractivity contribution in [2.75, 3.05) is 0 Å². The van der Waals surface area contributed by atoms with Crippen molar-refractivity contribution in [3.8, 4) is 28.5 Å². The predicted octanol–water partition coefficient (Wildman–Crippen LogP) is 8.71. The molecule has 0 saturated heterocycles. The van der Waals surface area contributed by atoms with Crippen molar-refractivity contribution < 1.29 is 84.9 Å². The summed E-state index contributed by atoms with van der Waals surface area (Å²) in [5.74, 6) is -50.3. The molecule has 3 rings (SSSR count). The van der Waals surface area contributed by atoms with Crippen molar-refractivity contribution in [2.45, 2.75) is 80.6 Å². The minimum Gasteiger partial charge on any atom is -0.445 e. The normalized spacial score (nSPS) is 16.6. The molecule has 45 heavy (non-hydrogen) atoms. The number of unbranched alkanes of at least 4 members (excludes halogenated alkanes) is 2. The molecule has 0 amide bonds. The highest BCUT2D eigenvalue weighted by Crippen LogP contribution is 2.63. The molecule has 0 bridgehead atoms. The van der Waals surface area contributed by atoms with Crippen molar-refractivity contribution in [3.63, 3.8) is 0 Å². The van der Waals surface area contributed by atoms with Crippen molar-refractivity contribution in [1.82, 2.24) is 4.98 Å². The maximum atomic E-state index is 14.6. The van der Waals surface area contributed by atoms with Gasteiger partial charge in [0, 0.05) is 24.2 Å². The summed E-state index contributed by atoms with van der Waals surface area (Å²) in [6, 6.07) is 4.98. The standard InChI is InChI=1S/C25H18F15NO4/c1-2-3-4-5-17(42)45-16-9-7-13(11-41-16)12-6-8-14-15(10-12)44-18(43-14)19(26,27)20(28,29)21(30,31)22(32,33)23(34,35)24(36,37)25(38,39)40/h6-11,18H,2-5H2,1H3. The summed E-state index contributed by atoms with van der Waals surface area (Å²) in [6.45, 7) is 1.91. The number of hydrogen-bond acceptors (Lipinski definition) is 5. The fraction of sp³-hybridized carbons (Fsp3) is 0.520. The maximum absolute atomic E-state index is 14.6. The first kappa shape index (κ1) is 35.9. The van der Waals surface area contributed by atoms with E-state index >= 15 is 0 Å². The Bertz CT molecular complexity index is 1380. The number of carbonyl (C=O) groups is 1. The van der Waals surface area contributed by atoms with Crippen LogP contribution in [0.1, 0.15) is 32.6 Å². The molecule has 0 N–H and O–H groups in total. The van der Waals surface area contributed by atoms with E-state index in [1.165, 1.54) is 12.1 Å². The van der Waals surface area contributed by atoms with Gasteiger partial charge in [-0.15, -0.1) is 0 Å². The van der Waals surface area contributed by atoms with Crippen LogP contribution in [0.5, 0.6) is 17.4 Å². The van der Waals surface area contributed by atoms with Gasteiger partial charge < -0.3 is 14.2 Å². The van der Waals surface area contributed by atoms with Gasteiger partial charge in [-0.2, -0.15) is 65.9 Å². The van der Waals surface area contributed by atoms with E-state index in [-0.39, 0.29) is 23.4 Å². The van der Waals surface area contributed by atoms with E-state index in [2.05, 4.69) is 14.5 Å². The summed E-state index contributed by atoms with van der Waals surface area (Å²) in [7, 11) is 0. The fourth-order valence-corrected chi connectivity index (χ4v) is 3.71. The predicted molar refractivity (Wildman–Crippen MR) is 120 cm³/mol. The average Bonchev–Trinajstić information content (AvgIpc) is 3.37. The number of ether oxygens (including phenoxy) is 3. The number of fused-ring (bicyclic) bond motifs is 1. The first-order valence-corrected chi connectivity index (χ1v) is 12.3. The number of alkyl halides is 15. The SMILES string of the molecule is CCCCCC(=O)Oc1ccc(-c2ccc3c(c2)OC(C(F)(F)C(F)(F)C(F)(F)C(F)(F)C(F)(F)C(F)(F)C(F)(F)F)O3)cn1. The molecule has 2 heterocycles. The highest BCUT2D eigenvalue weighted by Gasteiger charge is 2.94. The van der Waals surface area contributed by atoms with Gasteiger partial charge in [0.1, 0.15) is 0 Å². The van der Waals surface area contributed by atoms with Crippen LogP contribution in [0.3, 0.4) is 0 Å². The van der Waals surface area contributed by atoms with E-state index in [1.807, 2.05) is 6.92 Å². The van der Waals surface area contributed by atoms with E-state index in [1.54, 1.807) is 0 Å². The van der Waals surface area contributed by atoms with Crippen molar-refractivity contribution in [1.29, 1.82) is 0 Å². The third kappa shape index (κ3) is 5.91. The van der Waals surface area contributed by atoms with Crippen LogP contribution >= 0.6 is 0 Å². The minimum absolute atomic E-state index is 0.0210. The van der Waals surface area contributed by atoms with Gasteiger partial charge in [-0.3, -0.25) is 4.79 Å². The summed E-state index contributed by atoms with van der Waals surface area (Å²) in [5, 5.41) is 0. The van der Waals surface area contributed by atoms with Crippen LogP contribution in [-0.4, -0.2) is 59.0 Å². The molecular weight excluding hydrogens is 663 g/mol. The number of esters is 1. The number of pyridine rings is 1. The molecule has 1 aliphatic heterocycles. The van der Waals surface area contributed by atoms with Crippen LogP contribution < -0.4 is 14.2 Å². The monoisotopic (exact) mass is 681 g/mol. The number of aromatic nitrogens is 1. The molecule has 20 heteroatoms. The Labute approximate surface area is 242 Å². The molecule has 1 aliphatic rings. The van der Waals surface area contributed by atoms with Crippen LogP contribution in [0.4, 0.5) is 65.9 Å². The van der Waals surface area contributed by atoms with E-state index in [0.717, 1.165) is 37.2 Å². The largest absolute Gasteiger partial charge is 0.460 e. The Hall–Kier alpha value is -3.61. The Balaban J connectivity index is 1.84. The lowest BCUT2D eigenvalue weighted by molar-refractivity contribution is -0.457. The number of nitrogens with zero attached hydrogens (tertiary/aromatic N) is 1. The quantitative estimate of drug-likeness (QED) is 0.128. The summed E-state index contributed by atoms with van der Waals surface area (Å²) in [4.78, 5) is 15.6. The van der Waals surface area contributed by atoms with Gasteiger partial charge >= 0.3 is 54.0 Å². The first-order chi connectivity index (χ1) is 20.4. The van der Waals surface area contributed by atoms with E-state index in [4.69, 9.17) is 4.74 Å². The Kier molecular flexibility index (Phi) is 9.27. The molecule has 0 aliphatic carbocycles. The van der Waals surface area contributed by atoms with Crippen LogP contribution in [0, 0.1) is 0 Å². The molecule has 2 aromatic rings. The highest BCUT2D eigenvalue weighted by atomic mass is 19.4. The van der Waals surface area contributed by atoms with Crippen LogP contribution in [0.25, 0.3) is 11.1 Å². The van der Waals surface area contributed by atoms with Gasteiger partial charge in [0.2, 0.25) is 5.88 Å². The fourth-order valence-electron chi connectivity index (χ4n) is 3.71. The lowest BCUT2D eigenvalue weighted by Gasteiger charge is -2.41. The third-order valence-electron chi connectivity index (χ3n) is 6.33. The Morgan fingerprint density at radius 3 is 1.78 bits per heavy atom. The molecule has 1 unspecified atom stereocenters. The summed E-state index contributed by atoms with van der Waals surface area (Å²) < 4.78 is 217. The Morgan fingerprint density at radius 1 is 0.711 bits per heavy atom. The van der Waals surface area contributed by atoms with Crippen LogP contribution in [-0.2, 0) is 4.79 Å². The second-order valence-corrected chi connectivity index (χ2v) is 9.54. The highest BCUT2D eigenvalue weighted by molar-refractivity contribution is 5.72. The van der Waals surface area contributed by atoms with Gasteiger partial charge in [0.25, 0.3) is 0 Å². The van der Waals surface area contributed by atoms with Gasteiger partial charge in [-0.25, -0.2) is 4.98 Å². The number of rotatable bonds is 12. The zero-order valence-electron chi connectivity index (χ0n) is 22.1. The lowest BCUT2D eigenvalue weighted by Crippen LogP contribution is -2.74. The molecule has 1 atom stereocenters. The zero-order valence-corrected chi connectivity index (χ0v) is 22.1. The minimum atomic E-state index is -8.42. The van der Waals surface area contributed by atoms with Gasteiger partial charge in [-0.1, -0.05) is 25.8 Å². The molecule has 1 aromatic carbocycles. The number of carbonyl (C=O) groups excluding carboxylic acids is 1. The van der Waals surface area contributed by atoms with Gasteiger partial charge in [0.05, 0.1) is 0 Å². The molecule has 0 saturated carbocycles. The molecule has 1 aromatic heterocycles. The van der Waals surface area contributed by atoms with E-state index in [0.29, 0.717) is 6.42 Å². The van der Waals surface area contributed by atoms with Gasteiger partial charge in [0.15, 0.2) is 11.5 Å².